The highest BCUT2D eigenvalue weighted by Gasteiger charge is 2.51. The zero-order chi connectivity index (χ0) is 19.2. The van der Waals surface area contributed by atoms with Crippen LogP contribution in [-0.4, -0.2) is 27.3 Å². The monoisotopic (exact) mass is 369 g/mol. The fourth-order valence-corrected chi connectivity index (χ4v) is 3.22. The van der Waals surface area contributed by atoms with E-state index in [9.17, 15) is 8.60 Å². The lowest BCUT2D eigenvalue weighted by Crippen LogP contribution is -2.41. The van der Waals surface area contributed by atoms with Crippen LogP contribution in [0.5, 0.6) is 0 Å². The number of nitrogens with one attached hydrogen (secondary N) is 1. The van der Waals surface area contributed by atoms with E-state index in [1.54, 1.807) is 19.1 Å². The Morgan fingerprint density at radius 1 is 1.16 bits per heavy atom. The van der Waals surface area contributed by atoms with Gasteiger partial charge in [-0.15, -0.1) is 0 Å². The Kier molecular flexibility index (Phi) is 5.56. The van der Waals surface area contributed by atoms with Crippen LogP contribution in [0.25, 0.3) is 0 Å². The van der Waals surface area contributed by atoms with Crippen LogP contribution < -0.4 is 10.2 Å². The SMILES string of the molecule is CC(NS(=O)C(C)(C)C)c1cc(B2OC(C)(C)C(C)(C)O2)ccc1F. The van der Waals surface area contributed by atoms with E-state index < -0.39 is 40.1 Å². The topological polar surface area (TPSA) is 47.6 Å². The maximum atomic E-state index is 14.3. The van der Waals surface area contributed by atoms with E-state index >= 15 is 0 Å². The molecule has 1 heterocycles. The van der Waals surface area contributed by atoms with E-state index in [0.29, 0.717) is 5.56 Å². The molecule has 0 amide bonds. The molecule has 1 N–H and O–H groups in total. The first-order chi connectivity index (χ1) is 11.2. The quantitative estimate of drug-likeness (QED) is 0.829. The average molecular weight is 369 g/mol. The molecule has 0 aliphatic carbocycles. The molecule has 1 fully saturated rings. The molecule has 0 radical (unpaired) electrons. The first-order valence-corrected chi connectivity index (χ1v) is 9.72. The molecule has 4 nitrogen and oxygen atoms in total. The number of hydrogen-bond acceptors (Lipinski definition) is 3. The third-order valence-electron chi connectivity index (χ3n) is 4.85. The lowest BCUT2D eigenvalue weighted by Gasteiger charge is -2.32. The molecule has 7 heteroatoms. The van der Waals surface area contributed by atoms with Gasteiger partial charge in [0.05, 0.1) is 26.9 Å². The van der Waals surface area contributed by atoms with E-state index in [1.165, 1.54) is 6.07 Å². The Balaban J connectivity index is 2.25. The summed E-state index contributed by atoms with van der Waals surface area (Å²) in [7, 11) is -1.84. The van der Waals surface area contributed by atoms with E-state index in [2.05, 4.69) is 4.72 Å². The summed E-state index contributed by atoms with van der Waals surface area (Å²) in [5.41, 5.74) is 0.295. The van der Waals surface area contributed by atoms with Crippen molar-refractivity contribution < 1.29 is 17.9 Å². The van der Waals surface area contributed by atoms with E-state index in [-0.39, 0.29) is 5.82 Å². The zero-order valence-corrected chi connectivity index (χ0v) is 17.2. The molecular formula is C18H29BFNO3S. The van der Waals surface area contributed by atoms with E-state index in [4.69, 9.17) is 9.31 Å². The molecule has 2 rings (SSSR count). The summed E-state index contributed by atoms with van der Waals surface area (Å²) in [6, 6.07) is 4.42. The molecule has 140 valence electrons. The molecule has 0 spiro atoms. The summed E-state index contributed by atoms with van der Waals surface area (Å²) >= 11 is 0. The van der Waals surface area contributed by atoms with Crippen LogP contribution in [-0.2, 0) is 20.3 Å². The third-order valence-corrected chi connectivity index (χ3v) is 6.53. The molecule has 1 aliphatic heterocycles. The van der Waals surface area contributed by atoms with Gasteiger partial charge >= 0.3 is 7.12 Å². The van der Waals surface area contributed by atoms with Crippen LogP contribution in [0.1, 0.15) is 67.0 Å². The van der Waals surface area contributed by atoms with Crippen molar-refractivity contribution in [2.24, 2.45) is 0 Å². The zero-order valence-electron chi connectivity index (χ0n) is 16.4. The summed E-state index contributed by atoms with van der Waals surface area (Å²) in [6.45, 7) is 15.3. The van der Waals surface area contributed by atoms with Crippen molar-refractivity contribution in [3.05, 3.63) is 29.6 Å². The van der Waals surface area contributed by atoms with Crippen molar-refractivity contribution in [2.75, 3.05) is 0 Å². The molecule has 1 aromatic carbocycles. The summed E-state index contributed by atoms with van der Waals surface area (Å²) in [5, 5.41) is 0. The minimum Gasteiger partial charge on any atom is -0.399 e. The predicted octanol–water partition coefficient (Wildman–Crippen LogP) is 3.24. The minimum atomic E-state index is -1.29. The highest BCUT2D eigenvalue weighted by atomic mass is 32.2. The number of benzene rings is 1. The van der Waals surface area contributed by atoms with Crippen LogP contribution in [0, 0.1) is 5.82 Å². The molecular weight excluding hydrogens is 340 g/mol. The van der Waals surface area contributed by atoms with Crippen molar-refractivity contribution in [2.45, 2.75) is 77.4 Å². The second-order valence-corrected chi connectivity index (χ2v) is 10.6. The maximum Gasteiger partial charge on any atom is 0.494 e. The van der Waals surface area contributed by atoms with Crippen LogP contribution in [0.2, 0.25) is 0 Å². The molecule has 25 heavy (non-hydrogen) atoms. The van der Waals surface area contributed by atoms with Gasteiger partial charge in [-0.2, -0.15) is 0 Å². The second-order valence-electron chi connectivity index (χ2n) is 8.59. The molecule has 1 aliphatic rings. The summed E-state index contributed by atoms with van der Waals surface area (Å²) < 4.78 is 41.3. The van der Waals surface area contributed by atoms with Crippen molar-refractivity contribution in [1.82, 2.24) is 4.72 Å². The van der Waals surface area contributed by atoms with Crippen molar-refractivity contribution >= 4 is 23.6 Å². The van der Waals surface area contributed by atoms with Gasteiger partial charge in [0.1, 0.15) is 5.82 Å². The first-order valence-electron chi connectivity index (χ1n) is 8.57. The molecule has 0 bridgehead atoms. The molecule has 0 aromatic heterocycles. The molecule has 0 saturated carbocycles. The molecule has 2 atom stereocenters. The highest BCUT2D eigenvalue weighted by molar-refractivity contribution is 7.84. The van der Waals surface area contributed by atoms with Crippen LogP contribution in [0.15, 0.2) is 18.2 Å². The summed E-state index contributed by atoms with van der Waals surface area (Å²) in [6.07, 6.45) is 0. The van der Waals surface area contributed by atoms with Gasteiger partial charge in [-0.25, -0.2) is 13.3 Å². The Hall–Kier alpha value is -0.755. The Bertz CT molecular complexity index is 657. The van der Waals surface area contributed by atoms with Crippen molar-refractivity contribution in [3.63, 3.8) is 0 Å². The van der Waals surface area contributed by atoms with E-state index in [0.717, 1.165) is 5.46 Å². The summed E-state index contributed by atoms with van der Waals surface area (Å²) in [4.78, 5) is 0. The lowest BCUT2D eigenvalue weighted by molar-refractivity contribution is 0.00578. The normalized spacial score (nSPS) is 22.0. The first kappa shape index (κ1) is 20.6. The fraction of sp³-hybridized carbons (Fsp3) is 0.667. The van der Waals surface area contributed by atoms with Gasteiger partial charge in [-0.05, 0) is 66.9 Å². The maximum absolute atomic E-state index is 14.3. The third kappa shape index (κ3) is 4.33. The molecule has 1 aromatic rings. The second kappa shape index (κ2) is 6.76. The van der Waals surface area contributed by atoms with Gasteiger partial charge in [0.15, 0.2) is 0 Å². The smallest absolute Gasteiger partial charge is 0.399 e. The molecule has 1 saturated heterocycles. The van der Waals surface area contributed by atoms with Gasteiger partial charge in [-0.3, -0.25) is 0 Å². The van der Waals surface area contributed by atoms with Crippen LogP contribution >= 0.6 is 0 Å². The van der Waals surface area contributed by atoms with Gasteiger partial charge < -0.3 is 9.31 Å². The van der Waals surface area contributed by atoms with Gasteiger partial charge in [0, 0.05) is 11.6 Å². The Morgan fingerprint density at radius 2 is 1.68 bits per heavy atom. The Morgan fingerprint density at radius 3 is 2.16 bits per heavy atom. The van der Waals surface area contributed by atoms with Gasteiger partial charge in [-0.1, -0.05) is 12.1 Å². The van der Waals surface area contributed by atoms with Crippen molar-refractivity contribution in [3.8, 4) is 0 Å². The highest BCUT2D eigenvalue weighted by Crippen LogP contribution is 2.36. The summed E-state index contributed by atoms with van der Waals surface area (Å²) in [5.74, 6) is -0.342. The standard InChI is InChI=1S/C18H29BFNO3S/c1-12(21-25(22)16(2,3)4)14-11-13(9-10-15(14)20)19-23-17(5,6)18(7,8)24-19/h9-12,21H,1-8H3. The van der Waals surface area contributed by atoms with Crippen molar-refractivity contribution in [1.29, 1.82) is 0 Å². The van der Waals surface area contributed by atoms with Crippen LogP contribution in [0.4, 0.5) is 4.39 Å². The lowest BCUT2D eigenvalue weighted by atomic mass is 9.78. The van der Waals surface area contributed by atoms with Gasteiger partial charge in [0.2, 0.25) is 0 Å². The van der Waals surface area contributed by atoms with Gasteiger partial charge in [0.25, 0.3) is 0 Å². The Labute approximate surface area is 153 Å². The number of rotatable bonds is 4. The number of halogens is 1. The molecule has 2 unspecified atom stereocenters. The average Bonchev–Trinajstić information content (AvgIpc) is 2.66. The number of hydrogen-bond donors (Lipinski definition) is 1. The fourth-order valence-electron chi connectivity index (χ4n) is 2.42. The van der Waals surface area contributed by atoms with Crippen LogP contribution in [0.3, 0.4) is 0 Å². The minimum absolute atomic E-state index is 0.342. The van der Waals surface area contributed by atoms with E-state index in [1.807, 2.05) is 48.5 Å². The predicted molar refractivity (Wildman–Crippen MR) is 102 cm³/mol. The largest absolute Gasteiger partial charge is 0.494 e.